The Kier molecular flexibility index (Phi) is 41.3. The van der Waals surface area contributed by atoms with Crippen molar-refractivity contribution in [1.29, 1.82) is 0 Å². The summed E-state index contributed by atoms with van der Waals surface area (Å²) >= 11 is 5.99. The van der Waals surface area contributed by atoms with Crippen molar-refractivity contribution < 1.29 is 52.7 Å². The van der Waals surface area contributed by atoms with E-state index < -0.39 is 17.6 Å². The summed E-state index contributed by atoms with van der Waals surface area (Å²) in [7, 11) is 0. The second-order valence-corrected chi connectivity index (χ2v) is 33.0. The Hall–Kier alpha value is -12.5. The number of halogens is 5. The summed E-state index contributed by atoms with van der Waals surface area (Å²) in [5.74, 6) is 3.45. The van der Waals surface area contributed by atoms with Crippen molar-refractivity contribution in [3.63, 3.8) is 0 Å². The molecule has 710 valence electrons. The zero-order valence-corrected chi connectivity index (χ0v) is 77.6. The standard InChI is InChI=1S/C18H27N5O.C17H24ClN5O.C15H23N5O.C13H16F3N5O.C13H18FN5O.C13H19N5O2/c1-5-6-8-18(4,9-7-13(3)24)23-16-15-14(21-17(19)22-16)10-12(2)11-20-15;1-4-5-7-17(3,8-6-11(2)24)23-15-14-13(21-16(19)22-15)9-12(18)10-20-14;1-3-5-6-11(9-21)18-14-13-12(19-15(16)20-14)7-10(4-2)8-17-13;1-2-3-8(6-22)19-11-10-9(20-12(17)21-11)4-7(5-18-10)13(14,15)16;1-3-4-8(6-20)17-12-11-10(18-13(15)19-12)5-9(14)7(2)16-11;1-2-3-4-8(7-19)16-12-11-10(17-13(14)18-12)5-9(20)6-15-11/h10-11H,5-9H2,1-4H3,(H3,19,21,22,23);9-10H,4-8H2,1-3H3,(H3,19,21,22,23);7-8,11,21H,3-6,9H2,1-2H3,(H3,16,18,19,20);4-5,8,22H,2-3,6H2,1H3,(H3,17,19,20,21);5,8,20H,3-4,6H2,1-2H3,(H3,15,17,18,19);5-6,8,19-20H,2-4,7H2,1H3,(H3,14,16,17,18)/t18-;17-;11-;3*8-/m101001/s1. The van der Waals surface area contributed by atoms with E-state index >= 15 is 0 Å². The lowest BCUT2D eigenvalue weighted by molar-refractivity contribution is -0.137. The van der Waals surface area contributed by atoms with Gasteiger partial charge in [0.25, 0.3) is 0 Å². The van der Waals surface area contributed by atoms with Crippen LogP contribution < -0.4 is 66.3 Å². The van der Waals surface area contributed by atoms with Crippen LogP contribution in [0, 0.1) is 19.7 Å². The third-order valence-corrected chi connectivity index (χ3v) is 21.1. The van der Waals surface area contributed by atoms with Gasteiger partial charge in [-0.1, -0.05) is 124 Å². The molecular weight excluding hydrogens is 1710 g/mol. The number of carbonyl (C=O) groups is 2. The van der Waals surface area contributed by atoms with E-state index in [0.29, 0.717) is 97.5 Å². The molecule has 12 heterocycles. The average molecular weight is 1840 g/mol. The van der Waals surface area contributed by atoms with Crippen LogP contribution in [0.3, 0.4) is 0 Å². The summed E-state index contributed by atoms with van der Waals surface area (Å²) in [4.78, 5) is 97.8. The van der Waals surface area contributed by atoms with Crippen LogP contribution in [0.25, 0.3) is 66.2 Å². The summed E-state index contributed by atoms with van der Waals surface area (Å²) in [5, 5.41) is 66.8. The molecule has 0 amide bonds. The number of ketones is 2. The predicted molar refractivity (Wildman–Crippen MR) is 511 cm³/mol. The maximum Gasteiger partial charge on any atom is 0.417 e. The van der Waals surface area contributed by atoms with Gasteiger partial charge in [-0.05, 0) is 135 Å². The normalized spacial score (nSPS) is 13.1. The van der Waals surface area contributed by atoms with E-state index in [4.69, 9.17) is 46.0 Å². The Morgan fingerprint density at radius 2 is 0.748 bits per heavy atom. The Morgan fingerprint density at radius 3 is 1.15 bits per heavy atom. The number of aliphatic hydroxyl groups excluding tert-OH is 4. The van der Waals surface area contributed by atoms with E-state index in [1.165, 1.54) is 18.3 Å². The van der Waals surface area contributed by atoms with Crippen molar-refractivity contribution in [2.75, 3.05) is 92.7 Å². The first-order chi connectivity index (χ1) is 62.4. The number of alkyl halides is 3. The van der Waals surface area contributed by atoms with Gasteiger partial charge in [0.05, 0.1) is 101 Å². The van der Waals surface area contributed by atoms with Gasteiger partial charge in [-0.2, -0.15) is 43.1 Å². The van der Waals surface area contributed by atoms with E-state index in [1.807, 2.05) is 39.1 Å². The molecule has 6 atom stereocenters. The zero-order valence-electron chi connectivity index (χ0n) is 76.8. The molecule has 0 radical (unpaired) electrons. The van der Waals surface area contributed by atoms with Crippen LogP contribution in [0.1, 0.15) is 227 Å². The van der Waals surface area contributed by atoms with Gasteiger partial charge in [0.15, 0.2) is 34.9 Å². The molecule has 23 N–H and O–H groups in total. The smallest absolute Gasteiger partial charge is 0.417 e. The number of nitrogens with two attached hydrogens (primary N) is 6. The van der Waals surface area contributed by atoms with Gasteiger partial charge in [-0.3, -0.25) is 15.0 Å². The number of pyridine rings is 6. The van der Waals surface area contributed by atoms with Gasteiger partial charge in [-0.15, -0.1) is 0 Å². The number of Topliss-reactive ketones (excluding diaryl/α,β-unsaturated/α-hetero) is 2. The minimum absolute atomic E-state index is 0.00184. The number of nitrogens with one attached hydrogen (secondary N) is 6. The molecule has 12 aromatic rings. The van der Waals surface area contributed by atoms with E-state index in [9.17, 15) is 52.7 Å². The molecule has 0 bridgehead atoms. The second-order valence-electron chi connectivity index (χ2n) is 32.6. The van der Waals surface area contributed by atoms with Gasteiger partial charge in [0, 0.05) is 60.8 Å². The lowest BCUT2D eigenvalue weighted by Crippen LogP contribution is -2.36. The first-order valence-electron chi connectivity index (χ1n) is 44.0. The molecule has 131 heavy (non-hydrogen) atoms. The highest BCUT2D eigenvalue weighted by Gasteiger charge is 2.33. The number of rotatable bonds is 39. The van der Waals surface area contributed by atoms with E-state index in [-0.39, 0.29) is 137 Å². The van der Waals surface area contributed by atoms with Crippen molar-refractivity contribution in [2.24, 2.45) is 0 Å². The van der Waals surface area contributed by atoms with Gasteiger partial charge in [0.2, 0.25) is 35.7 Å². The molecule has 12 rings (SSSR count). The highest BCUT2D eigenvalue weighted by atomic mass is 35.5. The van der Waals surface area contributed by atoms with Gasteiger partial charge in [0.1, 0.15) is 61.8 Å². The highest BCUT2D eigenvalue weighted by Crippen LogP contribution is 2.35. The second kappa shape index (κ2) is 51.2. The highest BCUT2D eigenvalue weighted by molar-refractivity contribution is 6.31. The Labute approximate surface area is 764 Å². The van der Waals surface area contributed by atoms with E-state index in [2.05, 4.69) is 170 Å². The Morgan fingerprint density at radius 1 is 0.405 bits per heavy atom. The molecule has 0 unspecified atom stereocenters. The maximum atomic E-state index is 13.5. The number of nitrogens with zero attached hydrogens (tertiary/aromatic N) is 18. The number of aromatic hydroxyl groups is 1. The van der Waals surface area contributed by atoms with Crippen LogP contribution >= 0.6 is 11.6 Å². The third kappa shape index (κ3) is 32.8. The van der Waals surface area contributed by atoms with Crippen LogP contribution in [-0.4, -0.2) is 188 Å². The molecule has 0 aliphatic heterocycles. The molecule has 0 aliphatic carbocycles. The van der Waals surface area contributed by atoms with Gasteiger partial charge < -0.3 is 101 Å². The molecule has 0 saturated heterocycles. The molecule has 0 aromatic carbocycles. The summed E-state index contributed by atoms with van der Waals surface area (Å²) in [6.07, 6.45) is 21.4. The zero-order chi connectivity index (χ0) is 96.3. The number of unbranched alkanes of at least 4 members (excludes halogenated alkanes) is 4. The number of hydrogen-bond acceptors (Lipinski definition) is 37. The van der Waals surface area contributed by atoms with Crippen LogP contribution in [0.5, 0.6) is 5.75 Å². The monoisotopic (exact) mass is 1840 g/mol. The summed E-state index contributed by atoms with van der Waals surface area (Å²) < 4.78 is 51.7. The third-order valence-electron chi connectivity index (χ3n) is 20.9. The van der Waals surface area contributed by atoms with Crippen molar-refractivity contribution in [3.05, 3.63) is 101 Å². The summed E-state index contributed by atoms with van der Waals surface area (Å²) in [6, 6.07) is 8.69. The number of aromatic nitrogens is 18. The number of fused-ring (bicyclic) bond motifs is 6. The first-order valence-corrected chi connectivity index (χ1v) is 44.4. The quantitative estimate of drug-likeness (QED) is 0.0159. The number of hydrogen-bond donors (Lipinski definition) is 17. The van der Waals surface area contributed by atoms with Gasteiger partial charge >= 0.3 is 6.18 Å². The Balaban J connectivity index is 0.000000215. The topological polar surface area (TPSA) is 596 Å². The van der Waals surface area contributed by atoms with Crippen LogP contribution in [0.4, 0.5) is 88.2 Å². The molecule has 37 nitrogen and oxygen atoms in total. The molecule has 0 spiro atoms. The van der Waals surface area contributed by atoms with Crippen LogP contribution in [-0.2, 0) is 22.2 Å². The maximum absolute atomic E-state index is 13.5. The summed E-state index contributed by atoms with van der Waals surface area (Å²) in [6.45, 7) is 25.5. The SMILES string of the molecule is CCCC[C@@](C)(CCC(C)=O)Nc1nc(N)nc2cc(Cl)cnc12.CCCC[C@H](CO)Nc1nc(N)nc2cc(CC)cnc12.CCCC[C@H](CO)Nc1nc(N)nc2cc(O)cnc12.CCCC[C@](C)(CCC(C)=O)Nc1nc(N)nc2cc(C)cnc12.CCC[C@@H](CO)Nc1nc(N)nc2cc(C(F)(F)F)cnc12.CCC[C@@H](CO)Nc1nc(N)nc2cc(F)c(C)nc12. The lowest BCUT2D eigenvalue weighted by Gasteiger charge is -2.31. The molecule has 42 heteroatoms. The average Bonchev–Trinajstić information content (AvgIpc) is 0.826. The van der Waals surface area contributed by atoms with Crippen molar-refractivity contribution in [2.45, 2.75) is 266 Å². The number of nitrogen functional groups attached to an aromatic ring is 6. The minimum atomic E-state index is -4.51. The fraction of sp³-hybridized carbons (Fsp3) is 0.506. The molecule has 0 aliphatic rings. The van der Waals surface area contributed by atoms with Crippen LogP contribution in [0.15, 0.2) is 67.4 Å². The molecular formula is C89H127ClF4N30O7. The number of aryl methyl sites for hydroxylation is 3. The number of anilines is 12. The van der Waals surface area contributed by atoms with Gasteiger partial charge in [-0.25, -0.2) is 49.2 Å². The Bertz CT molecular complexity index is 5580. The van der Waals surface area contributed by atoms with Crippen molar-refractivity contribution in [1.82, 2.24) is 89.7 Å². The lowest BCUT2D eigenvalue weighted by atomic mass is 9.89. The van der Waals surface area contributed by atoms with E-state index in [0.717, 1.165) is 150 Å². The van der Waals surface area contributed by atoms with E-state index in [1.54, 1.807) is 39.2 Å². The first kappa shape index (κ1) is 106. The van der Waals surface area contributed by atoms with Crippen LogP contribution in [0.2, 0.25) is 5.02 Å². The molecule has 0 fully saturated rings. The van der Waals surface area contributed by atoms with Crippen molar-refractivity contribution in [3.8, 4) is 5.75 Å². The fourth-order valence-corrected chi connectivity index (χ4v) is 13.8. The molecule has 0 saturated carbocycles. The van der Waals surface area contributed by atoms with Crippen molar-refractivity contribution >= 4 is 160 Å². The predicted octanol–water partition coefficient (Wildman–Crippen LogP) is 14.9. The molecule has 12 aromatic heterocycles. The largest absolute Gasteiger partial charge is 0.506 e. The fourth-order valence-electron chi connectivity index (χ4n) is 13.7. The number of carbonyl (C=O) groups excluding carboxylic acids is 2. The number of aliphatic hydroxyl groups is 4. The minimum Gasteiger partial charge on any atom is -0.506 e. The summed E-state index contributed by atoms with van der Waals surface area (Å²) in [5.41, 5.74) is 41.3.